The van der Waals surface area contributed by atoms with Crippen molar-refractivity contribution in [1.29, 1.82) is 0 Å². The Morgan fingerprint density at radius 3 is 2.68 bits per heavy atom. The van der Waals surface area contributed by atoms with Gasteiger partial charge in [0, 0.05) is 11.8 Å². The third kappa shape index (κ3) is 6.64. The summed E-state index contributed by atoms with van der Waals surface area (Å²) in [5.41, 5.74) is 1.000. The summed E-state index contributed by atoms with van der Waals surface area (Å²) in [6.45, 7) is 7.55. The van der Waals surface area contributed by atoms with Crippen LogP contribution in [-0.4, -0.2) is 23.6 Å². The molecule has 0 bridgehead atoms. The molecule has 0 saturated heterocycles. The zero-order chi connectivity index (χ0) is 14.3. The van der Waals surface area contributed by atoms with E-state index in [1.165, 1.54) is 0 Å². The molecule has 1 nitrogen and oxygen atoms in total. The number of thioether (sulfide) groups is 1. The number of nitrogens with one attached hydrogen (secondary N) is 1. The molecule has 0 aromatic heterocycles. The predicted octanol–water partition coefficient (Wildman–Crippen LogP) is 4.53. The van der Waals surface area contributed by atoms with Crippen molar-refractivity contribution >= 4 is 23.4 Å². The van der Waals surface area contributed by atoms with E-state index < -0.39 is 0 Å². The van der Waals surface area contributed by atoms with E-state index in [1.54, 1.807) is 12.1 Å². The van der Waals surface area contributed by atoms with Gasteiger partial charge in [-0.25, -0.2) is 4.39 Å². The Bertz CT molecular complexity index is 384. The molecule has 0 aliphatic carbocycles. The Kier molecular flexibility index (Phi) is 7.81. The SMILES string of the molecule is CCCNC(CSC(C)C)Cc1ccc(Cl)c(F)c1. The first kappa shape index (κ1) is 16.8. The van der Waals surface area contributed by atoms with E-state index in [-0.39, 0.29) is 10.8 Å². The van der Waals surface area contributed by atoms with E-state index in [0.717, 1.165) is 30.7 Å². The molecule has 19 heavy (non-hydrogen) atoms. The Morgan fingerprint density at radius 1 is 1.37 bits per heavy atom. The maximum atomic E-state index is 13.4. The largest absolute Gasteiger partial charge is 0.313 e. The zero-order valence-corrected chi connectivity index (χ0v) is 13.5. The summed E-state index contributed by atoms with van der Waals surface area (Å²) in [4.78, 5) is 0. The van der Waals surface area contributed by atoms with Gasteiger partial charge in [0.15, 0.2) is 0 Å². The van der Waals surface area contributed by atoms with Crippen molar-refractivity contribution in [2.24, 2.45) is 0 Å². The van der Waals surface area contributed by atoms with Crippen LogP contribution in [0.4, 0.5) is 4.39 Å². The topological polar surface area (TPSA) is 12.0 Å². The van der Waals surface area contributed by atoms with Crippen molar-refractivity contribution in [2.75, 3.05) is 12.3 Å². The van der Waals surface area contributed by atoms with Gasteiger partial charge in [-0.3, -0.25) is 0 Å². The summed E-state index contributed by atoms with van der Waals surface area (Å²) in [5, 5.41) is 4.34. The highest BCUT2D eigenvalue weighted by Crippen LogP contribution is 2.18. The minimum Gasteiger partial charge on any atom is -0.313 e. The summed E-state index contributed by atoms with van der Waals surface area (Å²) in [7, 11) is 0. The van der Waals surface area contributed by atoms with Gasteiger partial charge in [-0.2, -0.15) is 11.8 Å². The van der Waals surface area contributed by atoms with Crippen LogP contribution in [0.15, 0.2) is 18.2 Å². The Balaban J connectivity index is 2.61. The first-order valence-electron chi connectivity index (χ1n) is 6.81. The molecule has 1 atom stereocenters. The summed E-state index contributed by atoms with van der Waals surface area (Å²) in [6.07, 6.45) is 1.95. The molecule has 1 aromatic carbocycles. The van der Waals surface area contributed by atoms with Crippen LogP contribution in [0.5, 0.6) is 0 Å². The van der Waals surface area contributed by atoms with Gasteiger partial charge in [-0.1, -0.05) is 38.4 Å². The maximum Gasteiger partial charge on any atom is 0.142 e. The van der Waals surface area contributed by atoms with E-state index in [4.69, 9.17) is 11.6 Å². The molecule has 0 fully saturated rings. The van der Waals surface area contributed by atoms with Crippen LogP contribution < -0.4 is 5.32 Å². The lowest BCUT2D eigenvalue weighted by molar-refractivity contribution is 0.547. The summed E-state index contributed by atoms with van der Waals surface area (Å²) in [6, 6.07) is 5.47. The molecule has 0 radical (unpaired) electrons. The zero-order valence-electron chi connectivity index (χ0n) is 11.9. The van der Waals surface area contributed by atoms with Crippen molar-refractivity contribution in [3.8, 4) is 0 Å². The average molecular weight is 304 g/mol. The number of rotatable bonds is 8. The standard InChI is InChI=1S/C15H23ClFNS/c1-4-7-18-13(10-19-11(2)3)8-12-5-6-14(16)15(17)9-12/h5-6,9,11,13,18H,4,7-8,10H2,1-3H3. The number of hydrogen-bond donors (Lipinski definition) is 1. The molecule has 0 heterocycles. The highest BCUT2D eigenvalue weighted by molar-refractivity contribution is 7.99. The highest BCUT2D eigenvalue weighted by atomic mass is 35.5. The number of halogens is 2. The van der Waals surface area contributed by atoms with Crippen molar-refractivity contribution < 1.29 is 4.39 Å². The minimum absolute atomic E-state index is 0.193. The Hall–Kier alpha value is -0.250. The van der Waals surface area contributed by atoms with Gasteiger partial charge in [0.2, 0.25) is 0 Å². The molecule has 0 spiro atoms. The third-order valence-electron chi connectivity index (χ3n) is 2.78. The molecule has 0 aliphatic rings. The fourth-order valence-electron chi connectivity index (χ4n) is 1.80. The second kappa shape index (κ2) is 8.83. The molecular weight excluding hydrogens is 281 g/mol. The van der Waals surface area contributed by atoms with E-state index in [9.17, 15) is 4.39 Å². The molecule has 1 aromatic rings. The first-order chi connectivity index (χ1) is 9.02. The molecule has 0 aliphatic heterocycles. The molecule has 1 rings (SSSR count). The van der Waals surface area contributed by atoms with E-state index in [2.05, 4.69) is 26.1 Å². The Labute approximate surface area is 125 Å². The predicted molar refractivity (Wildman–Crippen MR) is 84.8 cm³/mol. The monoisotopic (exact) mass is 303 g/mol. The molecule has 0 amide bonds. The van der Waals surface area contributed by atoms with Crippen LogP contribution in [0.1, 0.15) is 32.8 Å². The number of benzene rings is 1. The van der Waals surface area contributed by atoms with Gasteiger partial charge < -0.3 is 5.32 Å². The molecule has 1 unspecified atom stereocenters. The van der Waals surface area contributed by atoms with Crippen LogP contribution in [0.2, 0.25) is 5.02 Å². The Morgan fingerprint density at radius 2 is 2.11 bits per heavy atom. The van der Waals surface area contributed by atoms with Gasteiger partial charge >= 0.3 is 0 Å². The van der Waals surface area contributed by atoms with E-state index >= 15 is 0 Å². The molecular formula is C15H23ClFNS. The lowest BCUT2D eigenvalue weighted by Gasteiger charge is -2.19. The van der Waals surface area contributed by atoms with Gasteiger partial charge in [0.05, 0.1) is 5.02 Å². The van der Waals surface area contributed by atoms with Gasteiger partial charge in [0.1, 0.15) is 5.82 Å². The van der Waals surface area contributed by atoms with Crippen molar-refractivity contribution in [2.45, 2.75) is 44.9 Å². The average Bonchev–Trinajstić information content (AvgIpc) is 2.37. The quantitative estimate of drug-likeness (QED) is 0.757. The smallest absolute Gasteiger partial charge is 0.142 e. The van der Waals surface area contributed by atoms with Crippen LogP contribution in [0, 0.1) is 5.82 Å². The first-order valence-corrected chi connectivity index (χ1v) is 8.24. The summed E-state index contributed by atoms with van der Waals surface area (Å²) < 4.78 is 13.4. The summed E-state index contributed by atoms with van der Waals surface area (Å²) in [5.74, 6) is 0.715. The van der Waals surface area contributed by atoms with Crippen LogP contribution in [-0.2, 0) is 6.42 Å². The molecule has 1 N–H and O–H groups in total. The highest BCUT2D eigenvalue weighted by Gasteiger charge is 2.11. The van der Waals surface area contributed by atoms with Crippen LogP contribution in [0.25, 0.3) is 0 Å². The van der Waals surface area contributed by atoms with Gasteiger partial charge in [-0.15, -0.1) is 0 Å². The summed E-state index contributed by atoms with van der Waals surface area (Å²) >= 11 is 7.64. The fourth-order valence-corrected chi connectivity index (χ4v) is 2.77. The lowest BCUT2D eigenvalue weighted by Crippen LogP contribution is -2.34. The molecule has 0 saturated carbocycles. The fraction of sp³-hybridized carbons (Fsp3) is 0.600. The molecule has 108 valence electrons. The normalized spacial score (nSPS) is 12.9. The second-order valence-corrected chi connectivity index (χ2v) is 7.00. The van der Waals surface area contributed by atoms with Crippen LogP contribution >= 0.6 is 23.4 Å². The van der Waals surface area contributed by atoms with E-state index in [1.807, 2.05) is 17.8 Å². The van der Waals surface area contributed by atoms with Crippen LogP contribution in [0.3, 0.4) is 0 Å². The van der Waals surface area contributed by atoms with Gasteiger partial charge in [-0.05, 0) is 42.3 Å². The van der Waals surface area contributed by atoms with E-state index in [0.29, 0.717) is 11.3 Å². The maximum absolute atomic E-state index is 13.4. The minimum atomic E-state index is -0.329. The van der Waals surface area contributed by atoms with Gasteiger partial charge in [0.25, 0.3) is 0 Å². The lowest BCUT2D eigenvalue weighted by atomic mass is 10.1. The van der Waals surface area contributed by atoms with Crippen molar-refractivity contribution in [1.82, 2.24) is 5.32 Å². The second-order valence-electron chi connectivity index (χ2n) is 4.99. The number of hydrogen-bond acceptors (Lipinski definition) is 2. The van der Waals surface area contributed by atoms with Crippen molar-refractivity contribution in [3.63, 3.8) is 0 Å². The third-order valence-corrected chi connectivity index (χ3v) is 4.35. The van der Waals surface area contributed by atoms with Crippen molar-refractivity contribution in [3.05, 3.63) is 34.6 Å². The molecule has 4 heteroatoms.